The lowest BCUT2D eigenvalue weighted by Crippen LogP contribution is -2.26. The second-order valence-corrected chi connectivity index (χ2v) is 7.10. The molecule has 0 saturated carbocycles. The first-order chi connectivity index (χ1) is 12.5. The van der Waals surface area contributed by atoms with Gasteiger partial charge in [-0.2, -0.15) is 0 Å². The van der Waals surface area contributed by atoms with Gasteiger partial charge in [0.05, 0.1) is 11.9 Å². The van der Waals surface area contributed by atoms with E-state index in [2.05, 4.69) is 34.6 Å². The highest BCUT2D eigenvalue weighted by atomic mass is 35.5. The van der Waals surface area contributed by atoms with Crippen molar-refractivity contribution in [3.8, 4) is 0 Å². The molecule has 2 rings (SSSR count). The number of hydrogen-bond acceptors (Lipinski definition) is 4. The van der Waals surface area contributed by atoms with Crippen molar-refractivity contribution >= 4 is 34.8 Å². The Morgan fingerprint density at radius 2 is 1.96 bits per heavy atom. The third-order valence-electron chi connectivity index (χ3n) is 3.80. The molecular formula is C19H24Cl2N4O. The first-order valence-electron chi connectivity index (χ1n) is 8.52. The van der Waals surface area contributed by atoms with Gasteiger partial charge in [-0.3, -0.25) is 4.79 Å². The zero-order valence-electron chi connectivity index (χ0n) is 15.1. The Morgan fingerprint density at radius 1 is 1.15 bits per heavy atom. The van der Waals surface area contributed by atoms with Crippen molar-refractivity contribution in [2.45, 2.75) is 12.8 Å². The smallest absolute Gasteiger partial charge is 0.269 e. The topological polar surface area (TPSA) is 57.3 Å². The molecule has 2 N–H and O–H groups in total. The number of halogens is 2. The van der Waals surface area contributed by atoms with Crippen molar-refractivity contribution in [3.63, 3.8) is 0 Å². The van der Waals surface area contributed by atoms with E-state index in [-0.39, 0.29) is 5.91 Å². The molecular weight excluding hydrogens is 371 g/mol. The summed E-state index contributed by atoms with van der Waals surface area (Å²) in [6, 6.07) is 8.95. The van der Waals surface area contributed by atoms with E-state index < -0.39 is 0 Å². The largest absolute Gasteiger partial charge is 0.384 e. The van der Waals surface area contributed by atoms with Crippen LogP contribution >= 0.6 is 23.2 Å². The van der Waals surface area contributed by atoms with Crippen LogP contribution in [0.15, 0.2) is 36.5 Å². The van der Waals surface area contributed by atoms with Gasteiger partial charge in [0.25, 0.3) is 5.91 Å². The van der Waals surface area contributed by atoms with E-state index in [0.29, 0.717) is 28.7 Å². The average Bonchev–Trinajstić information content (AvgIpc) is 2.61. The molecule has 0 atom stereocenters. The van der Waals surface area contributed by atoms with E-state index in [1.54, 1.807) is 24.4 Å². The van der Waals surface area contributed by atoms with Crippen LogP contribution < -0.4 is 10.6 Å². The Kier molecular flexibility index (Phi) is 8.16. The van der Waals surface area contributed by atoms with Crippen LogP contribution in [0.2, 0.25) is 10.0 Å². The summed E-state index contributed by atoms with van der Waals surface area (Å²) in [5.74, 6) is -0.200. The van der Waals surface area contributed by atoms with E-state index in [4.69, 9.17) is 23.2 Å². The zero-order chi connectivity index (χ0) is 18.9. The minimum atomic E-state index is -0.200. The second-order valence-electron chi connectivity index (χ2n) is 6.26. The lowest BCUT2D eigenvalue weighted by molar-refractivity contribution is 0.0949. The Morgan fingerprint density at radius 3 is 2.62 bits per heavy atom. The van der Waals surface area contributed by atoms with Crippen LogP contribution in [-0.2, 0) is 6.42 Å². The summed E-state index contributed by atoms with van der Waals surface area (Å²) < 4.78 is 0. The van der Waals surface area contributed by atoms with Crippen molar-refractivity contribution in [3.05, 3.63) is 57.8 Å². The third-order valence-corrected chi connectivity index (χ3v) is 4.39. The Balaban J connectivity index is 1.76. The molecule has 0 saturated heterocycles. The van der Waals surface area contributed by atoms with Crippen molar-refractivity contribution in [2.24, 2.45) is 0 Å². The summed E-state index contributed by atoms with van der Waals surface area (Å²) in [5.41, 5.74) is 2.25. The van der Waals surface area contributed by atoms with Crippen molar-refractivity contribution < 1.29 is 4.79 Å². The van der Waals surface area contributed by atoms with Crippen LogP contribution in [0, 0.1) is 0 Å². The van der Waals surface area contributed by atoms with Gasteiger partial charge in [0, 0.05) is 23.1 Å². The molecule has 0 unspecified atom stereocenters. The second kappa shape index (κ2) is 10.4. The maximum atomic E-state index is 12.2. The fourth-order valence-electron chi connectivity index (χ4n) is 2.39. The summed E-state index contributed by atoms with van der Waals surface area (Å²) >= 11 is 12.0. The maximum absolute atomic E-state index is 12.2. The molecule has 1 aromatic carbocycles. The van der Waals surface area contributed by atoms with Gasteiger partial charge in [0.2, 0.25) is 0 Å². The molecule has 1 amide bonds. The summed E-state index contributed by atoms with van der Waals surface area (Å²) in [6.45, 7) is 2.37. The highest BCUT2D eigenvalue weighted by Gasteiger charge is 2.07. The third kappa shape index (κ3) is 6.83. The number of nitrogens with one attached hydrogen (secondary N) is 2. The van der Waals surface area contributed by atoms with Crippen LogP contribution in [0.4, 0.5) is 5.69 Å². The number of aromatic nitrogens is 1. The summed E-state index contributed by atoms with van der Waals surface area (Å²) in [5, 5.41) is 7.36. The molecule has 0 radical (unpaired) electrons. The van der Waals surface area contributed by atoms with Gasteiger partial charge in [-0.05, 0) is 63.3 Å². The Bertz CT molecular complexity index is 720. The maximum Gasteiger partial charge on any atom is 0.269 e. The number of amides is 1. The van der Waals surface area contributed by atoms with Crippen LogP contribution in [-0.4, -0.2) is 49.5 Å². The number of nitrogens with zero attached hydrogens (tertiary/aromatic N) is 2. The number of benzene rings is 1. The first kappa shape index (κ1) is 20.5. The van der Waals surface area contributed by atoms with Gasteiger partial charge in [0.15, 0.2) is 0 Å². The summed E-state index contributed by atoms with van der Waals surface area (Å²) in [6.07, 6.45) is 3.36. The zero-order valence-corrected chi connectivity index (χ0v) is 16.6. The van der Waals surface area contributed by atoms with Crippen molar-refractivity contribution in [2.75, 3.05) is 39.0 Å². The van der Waals surface area contributed by atoms with E-state index >= 15 is 0 Å². The summed E-state index contributed by atoms with van der Waals surface area (Å²) in [7, 11) is 4.10. The van der Waals surface area contributed by atoms with Crippen LogP contribution in [0.1, 0.15) is 22.5 Å². The monoisotopic (exact) mass is 394 g/mol. The minimum Gasteiger partial charge on any atom is -0.384 e. The lowest BCUT2D eigenvalue weighted by atomic mass is 10.1. The molecule has 140 valence electrons. The normalized spacial score (nSPS) is 10.8. The standard InChI is InChI=1S/C19H24Cl2N4O/c1-25(2)11-3-9-22-16-6-7-18(24-13-16)19(26)23-10-8-14-4-5-15(20)12-17(14)21/h4-7,12-13,22H,3,8-11H2,1-2H3,(H,23,26). The number of carbonyl (C=O) groups is 1. The quantitative estimate of drug-likeness (QED) is 0.636. The lowest BCUT2D eigenvalue weighted by Gasteiger charge is -2.11. The van der Waals surface area contributed by atoms with Crippen molar-refractivity contribution in [1.82, 2.24) is 15.2 Å². The summed E-state index contributed by atoms with van der Waals surface area (Å²) in [4.78, 5) is 18.5. The van der Waals surface area contributed by atoms with Crippen LogP contribution in [0.25, 0.3) is 0 Å². The molecule has 5 nitrogen and oxygen atoms in total. The van der Waals surface area contributed by atoms with E-state index in [1.165, 1.54) is 0 Å². The number of anilines is 1. The molecule has 0 aliphatic rings. The fraction of sp³-hybridized carbons (Fsp3) is 0.368. The molecule has 1 aromatic heterocycles. The molecule has 26 heavy (non-hydrogen) atoms. The number of hydrogen-bond donors (Lipinski definition) is 2. The van der Waals surface area contributed by atoms with Gasteiger partial charge in [-0.1, -0.05) is 29.3 Å². The van der Waals surface area contributed by atoms with Gasteiger partial charge < -0.3 is 15.5 Å². The predicted molar refractivity (Wildman–Crippen MR) is 108 cm³/mol. The van der Waals surface area contributed by atoms with Crippen molar-refractivity contribution in [1.29, 1.82) is 0 Å². The van der Waals surface area contributed by atoms with Gasteiger partial charge in [-0.25, -0.2) is 4.98 Å². The minimum absolute atomic E-state index is 0.200. The molecule has 7 heteroatoms. The van der Waals surface area contributed by atoms with Gasteiger partial charge >= 0.3 is 0 Å². The fourth-order valence-corrected chi connectivity index (χ4v) is 2.89. The molecule has 1 heterocycles. The van der Waals surface area contributed by atoms with E-state index in [0.717, 1.165) is 30.8 Å². The molecule has 0 aliphatic carbocycles. The molecule has 2 aromatic rings. The SMILES string of the molecule is CN(C)CCCNc1ccc(C(=O)NCCc2ccc(Cl)cc2Cl)nc1. The predicted octanol–water partition coefficient (Wildman–Crippen LogP) is 3.72. The Labute approximate surface area is 164 Å². The molecule has 0 spiro atoms. The van der Waals surface area contributed by atoms with Crippen LogP contribution in [0.3, 0.4) is 0 Å². The van der Waals surface area contributed by atoms with Gasteiger partial charge in [-0.15, -0.1) is 0 Å². The number of rotatable bonds is 9. The molecule has 0 aliphatic heterocycles. The average molecular weight is 395 g/mol. The van der Waals surface area contributed by atoms with E-state index in [9.17, 15) is 4.79 Å². The molecule has 0 bridgehead atoms. The van der Waals surface area contributed by atoms with Gasteiger partial charge in [0.1, 0.15) is 5.69 Å². The molecule has 0 fully saturated rings. The first-order valence-corrected chi connectivity index (χ1v) is 9.28. The number of carbonyl (C=O) groups excluding carboxylic acids is 1. The van der Waals surface area contributed by atoms with E-state index in [1.807, 2.05) is 12.1 Å². The highest BCUT2D eigenvalue weighted by molar-refractivity contribution is 6.35. The Hall–Kier alpha value is -1.82. The highest BCUT2D eigenvalue weighted by Crippen LogP contribution is 2.21. The van der Waals surface area contributed by atoms with Crippen LogP contribution in [0.5, 0.6) is 0 Å². The number of pyridine rings is 1.